The van der Waals surface area contributed by atoms with E-state index in [2.05, 4.69) is 33.0 Å². The van der Waals surface area contributed by atoms with Gasteiger partial charge in [-0.3, -0.25) is 4.79 Å². The molecule has 0 aliphatic heterocycles. The summed E-state index contributed by atoms with van der Waals surface area (Å²) in [4.78, 5) is 11.2. The second-order valence-corrected chi connectivity index (χ2v) is 7.46. The monoisotopic (exact) mass is 255 g/mol. The number of nitrogens with one attached hydrogen (secondary N) is 1. The SMILES string of the molecule is CCCC(NC1CC(C)(C)CC(C)(C)C1)C(=O)O. The molecule has 0 radical (unpaired) electrons. The summed E-state index contributed by atoms with van der Waals surface area (Å²) in [5, 5.41) is 12.6. The van der Waals surface area contributed by atoms with E-state index in [0.29, 0.717) is 23.3 Å². The van der Waals surface area contributed by atoms with Crippen molar-refractivity contribution in [2.24, 2.45) is 10.8 Å². The van der Waals surface area contributed by atoms with Crippen molar-refractivity contribution >= 4 is 5.97 Å². The topological polar surface area (TPSA) is 49.3 Å². The van der Waals surface area contributed by atoms with Crippen LogP contribution in [0.3, 0.4) is 0 Å². The maximum absolute atomic E-state index is 11.2. The van der Waals surface area contributed by atoms with E-state index in [1.54, 1.807) is 0 Å². The summed E-state index contributed by atoms with van der Waals surface area (Å²) in [6, 6.07) is -0.0545. The molecule has 0 saturated heterocycles. The van der Waals surface area contributed by atoms with Gasteiger partial charge in [-0.15, -0.1) is 0 Å². The van der Waals surface area contributed by atoms with Gasteiger partial charge in [-0.05, 0) is 36.5 Å². The Labute approximate surface area is 111 Å². The molecule has 0 aromatic heterocycles. The van der Waals surface area contributed by atoms with Crippen LogP contribution >= 0.6 is 0 Å². The van der Waals surface area contributed by atoms with Crippen LogP contribution in [0.4, 0.5) is 0 Å². The Balaban J connectivity index is 2.67. The van der Waals surface area contributed by atoms with Gasteiger partial charge in [-0.25, -0.2) is 0 Å². The van der Waals surface area contributed by atoms with Crippen LogP contribution in [0.15, 0.2) is 0 Å². The number of rotatable bonds is 5. The molecule has 1 aliphatic rings. The van der Waals surface area contributed by atoms with Crippen LogP contribution in [0.5, 0.6) is 0 Å². The molecule has 1 aliphatic carbocycles. The number of hydrogen-bond donors (Lipinski definition) is 2. The molecule has 0 aromatic rings. The minimum absolute atomic E-state index is 0.300. The van der Waals surface area contributed by atoms with Crippen molar-refractivity contribution in [2.75, 3.05) is 0 Å². The second kappa shape index (κ2) is 5.60. The molecule has 0 bridgehead atoms. The number of aliphatic carboxylic acids is 1. The molecule has 1 atom stereocenters. The third-order valence-electron chi connectivity index (χ3n) is 3.87. The third kappa shape index (κ3) is 4.60. The van der Waals surface area contributed by atoms with Crippen molar-refractivity contribution < 1.29 is 9.90 Å². The summed E-state index contributed by atoms with van der Waals surface area (Å²) in [6.07, 6.45) is 4.98. The van der Waals surface area contributed by atoms with Crippen molar-refractivity contribution in [1.82, 2.24) is 5.32 Å². The van der Waals surface area contributed by atoms with E-state index in [-0.39, 0.29) is 6.04 Å². The first-order chi connectivity index (χ1) is 8.15. The zero-order valence-electron chi connectivity index (χ0n) is 12.5. The van der Waals surface area contributed by atoms with Crippen molar-refractivity contribution in [3.63, 3.8) is 0 Å². The fraction of sp³-hybridized carbons (Fsp3) is 0.933. The van der Waals surface area contributed by atoms with Gasteiger partial charge in [0.15, 0.2) is 0 Å². The zero-order chi connectivity index (χ0) is 14.0. The number of hydrogen-bond acceptors (Lipinski definition) is 2. The van der Waals surface area contributed by atoms with Crippen LogP contribution in [-0.4, -0.2) is 23.2 Å². The van der Waals surface area contributed by atoms with Gasteiger partial charge in [0, 0.05) is 6.04 Å². The fourth-order valence-corrected chi connectivity index (χ4v) is 3.82. The van der Waals surface area contributed by atoms with Crippen molar-refractivity contribution in [3.8, 4) is 0 Å². The van der Waals surface area contributed by atoms with Gasteiger partial charge in [-0.2, -0.15) is 0 Å². The lowest BCUT2D eigenvalue weighted by atomic mass is 9.63. The Morgan fingerprint density at radius 1 is 1.28 bits per heavy atom. The molecule has 3 heteroatoms. The summed E-state index contributed by atoms with van der Waals surface area (Å²) in [5.41, 5.74) is 0.601. The molecule has 1 saturated carbocycles. The summed E-state index contributed by atoms with van der Waals surface area (Å²) >= 11 is 0. The minimum Gasteiger partial charge on any atom is -0.480 e. The van der Waals surface area contributed by atoms with Crippen LogP contribution in [0.2, 0.25) is 0 Å². The van der Waals surface area contributed by atoms with Crippen LogP contribution in [0, 0.1) is 10.8 Å². The van der Waals surface area contributed by atoms with Crippen molar-refractivity contribution in [1.29, 1.82) is 0 Å². The average molecular weight is 255 g/mol. The molecule has 1 unspecified atom stereocenters. The largest absolute Gasteiger partial charge is 0.480 e. The van der Waals surface area contributed by atoms with E-state index in [1.165, 1.54) is 6.42 Å². The Morgan fingerprint density at radius 2 is 1.78 bits per heavy atom. The van der Waals surface area contributed by atoms with Crippen LogP contribution in [-0.2, 0) is 4.79 Å². The highest BCUT2D eigenvalue weighted by atomic mass is 16.4. The molecular weight excluding hydrogens is 226 g/mol. The standard InChI is InChI=1S/C15H29NO2/c1-6-7-12(13(17)18)16-11-8-14(2,3)10-15(4,5)9-11/h11-12,16H,6-10H2,1-5H3,(H,17,18). The molecule has 106 valence electrons. The molecule has 0 amide bonds. The van der Waals surface area contributed by atoms with Gasteiger partial charge in [0.05, 0.1) is 0 Å². The summed E-state index contributed by atoms with van der Waals surface area (Å²) in [7, 11) is 0. The predicted molar refractivity (Wildman–Crippen MR) is 74.7 cm³/mol. The lowest BCUT2D eigenvalue weighted by Crippen LogP contribution is -2.49. The molecule has 0 heterocycles. The van der Waals surface area contributed by atoms with Crippen LogP contribution < -0.4 is 5.32 Å². The third-order valence-corrected chi connectivity index (χ3v) is 3.87. The average Bonchev–Trinajstić information content (AvgIpc) is 2.11. The predicted octanol–water partition coefficient (Wildman–Crippen LogP) is 3.43. The van der Waals surface area contributed by atoms with Crippen molar-refractivity contribution in [3.05, 3.63) is 0 Å². The molecule has 1 fully saturated rings. The molecule has 0 spiro atoms. The first-order valence-electron chi connectivity index (χ1n) is 7.14. The molecule has 3 nitrogen and oxygen atoms in total. The molecule has 2 N–H and O–H groups in total. The maximum atomic E-state index is 11.2. The van der Waals surface area contributed by atoms with Gasteiger partial charge >= 0.3 is 5.97 Å². The van der Waals surface area contributed by atoms with Gasteiger partial charge in [0.1, 0.15) is 6.04 Å². The maximum Gasteiger partial charge on any atom is 0.320 e. The highest BCUT2D eigenvalue weighted by molar-refractivity contribution is 5.73. The van der Waals surface area contributed by atoms with Crippen molar-refractivity contribution in [2.45, 2.75) is 78.8 Å². The Bertz CT molecular complexity index is 281. The zero-order valence-corrected chi connectivity index (χ0v) is 12.5. The second-order valence-electron chi connectivity index (χ2n) is 7.46. The van der Waals surface area contributed by atoms with E-state index < -0.39 is 5.97 Å². The van der Waals surface area contributed by atoms with E-state index in [9.17, 15) is 9.90 Å². The number of carboxylic acids is 1. The Hall–Kier alpha value is -0.570. The van der Waals surface area contributed by atoms with E-state index in [1.807, 2.05) is 6.92 Å². The van der Waals surface area contributed by atoms with E-state index >= 15 is 0 Å². The molecular formula is C15H29NO2. The van der Waals surface area contributed by atoms with E-state index in [4.69, 9.17) is 0 Å². The van der Waals surface area contributed by atoms with Gasteiger partial charge in [-0.1, -0.05) is 41.0 Å². The fourth-order valence-electron chi connectivity index (χ4n) is 3.82. The van der Waals surface area contributed by atoms with E-state index in [0.717, 1.165) is 19.3 Å². The quantitative estimate of drug-likeness (QED) is 0.791. The summed E-state index contributed by atoms with van der Waals surface area (Å²) in [5.74, 6) is -0.710. The van der Waals surface area contributed by atoms with Gasteiger partial charge in [0.25, 0.3) is 0 Å². The Morgan fingerprint density at radius 3 is 2.17 bits per heavy atom. The first-order valence-corrected chi connectivity index (χ1v) is 7.14. The smallest absolute Gasteiger partial charge is 0.320 e. The highest BCUT2D eigenvalue weighted by Crippen LogP contribution is 2.45. The lowest BCUT2D eigenvalue weighted by molar-refractivity contribution is -0.140. The van der Waals surface area contributed by atoms with Crippen LogP contribution in [0.25, 0.3) is 0 Å². The highest BCUT2D eigenvalue weighted by Gasteiger charge is 2.39. The molecule has 0 aromatic carbocycles. The number of carboxylic acid groups (broad SMARTS) is 1. The van der Waals surface area contributed by atoms with Gasteiger partial charge in [0.2, 0.25) is 0 Å². The van der Waals surface area contributed by atoms with Gasteiger partial charge < -0.3 is 10.4 Å². The first kappa shape index (κ1) is 15.5. The number of carbonyl (C=O) groups is 1. The summed E-state index contributed by atoms with van der Waals surface area (Å²) in [6.45, 7) is 11.2. The normalized spacial score (nSPS) is 24.7. The van der Waals surface area contributed by atoms with Crippen LogP contribution in [0.1, 0.15) is 66.7 Å². The molecule has 18 heavy (non-hydrogen) atoms. The lowest BCUT2D eigenvalue weighted by Gasteiger charge is -2.45. The molecule has 1 rings (SSSR count). The minimum atomic E-state index is -0.710. The Kier molecular flexibility index (Phi) is 4.82. The summed E-state index contributed by atoms with van der Waals surface area (Å²) < 4.78 is 0.